The van der Waals surface area contributed by atoms with Crippen molar-refractivity contribution in [3.8, 4) is 17.6 Å². The fourth-order valence-corrected chi connectivity index (χ4v) is 2.79. The van der Waals surface area contributed by atoms with Crippen molar-refractivity contribution in [2.24, 2.45) is 0 Å². The van der Waals surface area contributed by atoms with Gasteiger partial charge in [-0.05, 0) is 56.2 Å². The predicted molar refractivity (Wildman–Crippen MR) is 110 cm³/mol. The average Bonchev–Trinajstić information content (AvgIpc) is 2.68. The molecule has 2 N–H and O–H groups in total. The van der Waals surface area contributed by atoms with Gasteiger partial charge in [-0.15, -0.1) is 5.92 Å². The van der Waals surface area contributed by atoms with Crippen LogP contribution in [0, 0.1) is 18.8 Å². The normalized spacial score (nSPS) is 12.8. The number of carboxylic acids is 1. The molecule has 0 radical (unpaired) electrons. The lowest BCUT2D eigenvalue weighted by Crippen LogP contribution is -2.30. The van der Waals surface area contributed by atoms with Gasteiger partial charge in [0.05, 0.1) is 17.9 Å². The molecule has 1 amide bonds. The van der Waals surface area contributed by atoms with Crippen molar-refractivity contribution in [3.05, 3.63) is 59.2 Å². The third-order valence-corrected chi connectivity index (χ3v) is 4.47. The summed E-state index contributed by atoms with van der Waals surface area (Å²) in [7, 11) is 0. The van der Waals surface area contributed by atoms with Crippen molar-refractivity contribution in [2.45, 2.75) is 45.4 Å². The zero-order chi connectivity index (χ0) is 23.2. The molecule has 0 heterocycles. The molecular formula is C23H22F3NO4. The molecule has 0 fully saturated rings. The smallest absolute Gasteiger partial charge is 0.416 e. The highest BCUT2D eigenvalue weighted by Gasteiger charge is 2.31. The number of hydrogen-bond donors (Lipinski definition) is 2. The van der Waals surface area contributed by atoms with E-state index in [-0.39, 0.29) is 12.2 Å². The van der Waals surface area contributed by atoms with Crippen LogP contribution in [0.1, 0.15) is 42.9 Å². The summed E-state index contributed by atoms with van der Waals surface area (Å²) < 4.78 is 44.2. The number of halogens is 3. The Kier molecular flexibility index (Phi) is 7.70. The first-order chi connectivity index (χ1) is 14.5. The Morgan fingerprint density at radius 1 is 1.16 bits per heavy atom. The second kappa shape index (κ2) is 10.0. The molecule has 2 aromatic rings. The van der Waals surface area contributed by atoms with Gasteiger partial charge in [-0.25, -0.2) is 0 Å². The Labute approximate surface area is 178 Å². The van der Waals surface area contributed by atoms with E-state index < -0.39 is 35.6 Å². The molecule has 0 aliphatic carbocycles. The number of benzene rings is 2. The Balaban J connectivity index is 2.08. The Hall–Kier alpha value is -3.47. The lowest BCUT2D eigenvalue weighted by Gasteiger charge is -2.18. The number of amides is 1. The summed E-state index contributed by atoms with van der Waals surface area (Å²) in [5, 5.41) is 11.6. The summed E-state index contributed by atoms with van der Waals surface area (Å²) >= 11 is 0. The second-order valence-corrected chi connectivity index (χ2v) is 6.89. The third kappa shape index (κ3) is 6.78. The second-order valence-electron chi connectivity index (χ2n) is 6.89. The first kappa shape index (κ1) is 23.8. The van der Waals surface area contributed by atoms with Gasteiger partial charge in [-0.3, -0.25) is 9.59 Å². The van der Waals surface area contributed by atoms with Gasteiger partial charge in [0.25, 0.3) is 5.91 Å². The lowest BCUT2D eigenvalue weighted by molar-refractivity contribution is -0.138. The Morgan fingerprint density at radius 3 is 2.35 bits per heavy atom. The van der Waals surface area contributed by atoms with E-state index >= 15 is 0 Å². The van der Waals surface area contributed by atoms with Crippen LogP contribution in [0.5, 0.6) is 5.75 Å². The van der Waals surface area contributed by atoms with Crippen LogP contribution >= 0.6 is 0 Å². The van der Waals surface area contributed by atoms with E-state index in [2.05, 4.69) is 17.2 Å². The van der Waals surface area contributed by atoms with Crippen LogP contribution < -0.4 is 10.1 Å². The number of hydrogen-bond acceptors (Lipinski definition) is 3. The molecule has 0 aliphatic heterocycles. The molecule has 8 heteroatoms. The molecule has 0 aromatic heterocycles. The van der Waals surface area contributed by atoms with Gasteiger partial charge in [-0.1, -0.05) is 24.1 Å². The maximum atomic E-state index is 12.9. The largest absolute Gasteiger partial charge is 0.481 e. The Morgan fingerprint density at radius 2 is 1.81 bits per heavy atom. The minimum atomic E-state index is -4.51. The first-order valence-corrected chi connectivity index (χ1v) is 9.40. The molecule has 31 heavy (non-hydrogen) atoms. The van der Waals surface area contributed by atoms with E-state index in [0.29, 0.717) is 16.8 Å². The number of anilines is 1. The number of rotatable bonds is 7. The van der Waals surface area contributed by atoms with Crippen molar-refractivity contribution < 1.29 is 32.6 Å². The molecule has 0 saturated heterocycles. The molecule has 2 unspecified atom stereocenters. The number of aryl methyl sites for hydroxylation is 1. The number of ether oxygens (including phenoxy) is 1. The molecule has 2 aromatic carbocycles. The average molecular weight is 433 g/mol. The van der Waals surface area contributed by atoms with Crippen molar-refractivity contribution in [2.75, 3.05) is 5.32 Å². The SMILES string of the molecule is CC#CC(CC(=O)O)c1ccc(NC(=O)C(C)Oc2cc(C(F)(F)F)ccc2C)cc1. The van der Waals surface area contributed by atoms with E-state index in [1.807, 2.05) is 0 Å². The molecule has 0 bridgehead atoms. The van der Waals surface area contributed by atoms with Crippen LogP contribution in [-0.4, -0.2) is 23.1 Å². The summed E-state index contributed by atoms with van der Waals surface area (Å²) in [4.78, 5) is 23.4. The monoisotopic (exact) mass is 433 g/mol. The molecule has 0 aliphatic rings. The Bertz CT molecular complexity index is 1000. The zero-order valence-electron chi connectivity index (χ0n) is 17.2. The van der Waals surface area contributed by atoms with Crippen LogP contribution in [0.2, 0.25) is 0 Å². The van der Waals surface area contributed by atoms with Gasteiger partial charge < -0.3 is 15.2 Å². The fourth-order valence-electron chi connectivity index (χ4n) is 2.79. The molecular weight excluding hydrogens is 411 g/mol. The van der Waals surface area contributed by atoms with Crippen molar-refractivity contribution in [1.29, 1.82) is 0 Å². The van der Waals surface area contributed by atoms with E-state index in [9.17, 15) is 22.8 Å². The number of carbonyl (C=O) groups is 2. The molecule has 164 valence electrons. The first-order valence-electron chi connectivity index (χ1n) is 9.40. The lowest BCUT2D eigenvalue weighted by atomic mass is 9.96. The van der Waals surface area contributed by atoms with Crippen LogP contribution in [0.15, 0.2) is 42.5 Å². The van der Waals surface area contributed by atoms with Gasteiger partial charge in [0.1, 0.15) is 5.75 Å². The number of carbonyl (C=O) groups excluding carboxylic acids is 1. The number of carboxylic acid groups (broad SMARTS) is 1. The summed E-state index contributed by atoms with van der Waals surface area (Å²) in [6.45, 7) is 4.64. The van der Waals surface area contributed by atoms with Crippen molar-refractivity contribution in [3.63, 3.8) is 0 Å². The number of nitrogens with one attached hydrogen (secondary N) is 1. The van der Waals surface area contributed by atoms with Crippen LogP contribution in [0.4, 0.5) is 18.9 Å². The zero-order valence-corrected chi connectivity index (χ0v) is 17.2. The summed E-state index contributed by atoms with van der Waals surface area (Å²) in [5.74, 6) is 3.53. The van der Waals surface area contributed by atoms with E-state index in [0.717, 1.165) is 12.1 Å². The minimum absolute atomic E-state index is 0.0255. The maximum absolute atomic E-state index is 12.9. The molecule has 2 rings (SSSR count). The molecule has 0 saturated carbocycles. The van der Waals surface area contributed by atoms with Crippen LogP contribution in [-0.2, 0) is 15.8 Å². The maximum Gasteiger partial charge on any atom is 0.416 e. The van der Waals surface area contributed by atoms with Gasteiger partial charge >= 0.3 is 12.1 Å². The standard InChI is InChI=1S/C23H22F3NO4/c1-4-5-17(12-21(28)29)16-7-10-19(11-8-16)27-22(30)15(3)31-20-13-18(23(24,25)26)9-6-14(20)2/h6-11,13,15,17H,12H2,1-3H3,(H,27,30)(H,28,29). The van der Waals surface area contributed by atoms with E-state index in [1.165, 1.54) is 13.0 Å². The van der Waals surface area contributed by atoms with Gasteiger partial charge in [0.15, 0.2) is 6.10 Å². The quantitative estimate of drug-likeness (QED) is 0.603. The van der Waals surface area contributed by atoms with Crippen molar-refractivity contribution in [1.82, 2.24) is 0 Å². The molecule has 5 nitrogen and oxygen atoms in total. The van der Waals surface area contributed by atoms with Gasteiger partial charge in [-0.2, -0.15) is 13.2 Å². The highest BCUT2D eigenvalue weighted by molar-refractivity contribution is 5.94. The van der Waals surface area contributed by atoms with Crippen LogP contribution in [0.3, 0.4) is 0 Å². The molecule has 2 atom stereocenters. The highest BCUT2D eigenvalue weighted by atomic mass is 19.4. The molecule has 0 spiro atoms. The van der Waals surface area contributed by atoms with Crippen LogP contribution in [0.25, 0.3) is 0 Å². The summed E-state index contributed by atoms with van der Waals surface area (Å²) in [5.41, 5.74) is 0.739. The van der Waals surface area contributed by atoms with Crippen molar-refractivity contribution >= 4 is 17.6 Å². The summed E-state index contributed by atoms with van der Waals surface area (Å²) in [6.07, 6.45) is -5.71. The fraction of sp³-hybridized carbons (Fsp3) is 0.304. The van der Waals surface area contributed by atoms with E-state index in [1.54, 1.807) is 38.1 Å². The van der Waals surface area contributed by atoms with Gasteiger partial charge in [0, 0.05) is 5.69 Å². The van der Waals surface area contributed by atoms with Gasteiger partial charge in [0.2, 0.25) is 0 Å². The number of alkyl halides is 3. The topological polar surface area (TPSA) is 75.6 Å². The predicted octanol–water partition coefficient (Wildman–Crippen LogP) is 5.00. The third-order valence-electron chi connectivity index (χ3n) is 4.47. The highest BCUT2D eigenvalue weighted by Crippen LogP contribution is 2.33. The van der Waals surface area contributed by atoms with E-state index in [4.69, 9.17) is 9.84 Å². The minimum Gasteiger partial charge on any atom is -0.481 e. The number of aliphatic carboxylic acids is 1. The summed E-state index contributed by atoms with van der Waals surface area (Å²) in [6, 6.07) is 9.63.